The number of carbonyl (C=O) groups excluding carboxylic acids is 1. The molecule has 3 aromatic carbocycles. The molecule has 3 N–H and O–H groups in total. The number of nitrogens with one attached hydrogen (secondary N) is 1. The summed E-state index contributed by atoms with van der Waals surface area (Å²) in [6, 6.07) is 23.9. The molecule has 0 saturated carbocycles. The molecule has 0 fully saturated rings. The van der Waals surface area contributed by atoms with E-state index in [1.54, 1.807) is 45.9 Å². The van der Waals surface area contributed by atoms with Crippen molar-refractivity contribution in [3.8, 4) is 28.9 Å². The van der Waals surface area contributed by atoms with Crippen LogP contribution in [0.25, 0.3) is 22.3 Å². The first-order valence-electron chi connectivity index (χ1n) is 11.8. The Kier molecular flexibility index (Phi) is 5.47. The summed E-state index contributed by atoms with van der Waals surface area (Å²) in [4.78, 5) is 16.6. The van der Waals surface area contributed by atoms with Crippen molar-refractivity contribution in [2.75, 3.05) is 5.73 Å². The number of benzene rings is 3. The van der Waals surface area contributed by atoms with E-state index in [0.29, 0.717) is 28.3 Å². The van der Waals surface area contributed by atoms with E-state index in [9.17, 15) is 4.79 Å². The molecule has 0 bridgehead atoms. The Balaban J connectivity index is 1.29. The topological polar surface area (TPSA) is 128 Å². The summed E-state index contributed by atoms with van der Waals surface area (Å²) in [5.41, 5.74) is 10.9. The van der Waals surface area contributed by atoms with E-state index in [1.807, 2.05) is 55.6 Å². The average Bonchev–Trinajstić information content (AvgIpc) is 3.69. The molecule has 0 aliphatic carbocycles. The minimum absolute atomic E-state index is 0.236. The van der Waals surface area contributed by atoms with Crippen LogP contribution in [0.15, 0.2) is 91.4 Å². The highest BCUT2D eigenvalue weighted by Gasteiger charge is 2.21. The molecule has 38 heavy (non-hydrogen) atoms. The summed E-state index contributed by atoms with van der Waals surface area (Å²) >= 11 is 0. The van der Waals surface area contributed by atoms with Gasteiger partial charge in [0.25, 0.3) is 0 Å². The van der Waals surface area contributed by atoms with Gasteiger partial charge in [0.1, 0.15) is 17.3 Å². The van der Waals surface area contributed by atoms with Crippen LogP contribution in [-0.4, -0.2) is 30.3 Å². The van der Waals surface area contributed by atoms with Crippen molar-refractivity contribution >= 4 is 22.5 Å². The number of ether oxygens (including phenoxy) is 1. The number of hydrogen-bond acceptors (Lipinski definition) is 6. The molecule has 9 heteroatoms. The Morgan fingerprint density at radius 2 is 1.84 bits per heavy atom. The molecule has 0 aliphatic rings. The fraction of sp³-hybridized carbons (Fsp3) is 0.0345. The Bertz CT molecular complexity index is 1860. The number of H-pyrrole nitrogens is 1. The number of fused-ring (bicyclic) bond motifs is 1. The van der Waals surface area contributed by atoms with Crippen LogP contribution in [0.4, 0.5) is 5.82 Å². The van der Waals surface area contributed by atoms with Gasteiger partial charge in [-0.1, -0.05) is 12.1 Å². The third kappa shape index (κ3) is 3.96. The van der Waals surface area contributed by atoms with Crippen molar-refractivity contribution < 1.29 is 9.53 Å². The number of aromatic nitrogens is 5. The van der Waals surface area contributed by atoms with Crippen molar-refractivity contribution in [2.24, 2.45) is 0 Å². The summed E-state index contributed by atoms with van der Waals surface area (Å²) < 4.78 is 9.21. The second kappa shape index (κ2) is 9.11. The molecule has 3 aromatic heterocycles. The number of anilines is 1. The van der Waals surface area contributed by atoms with Crippen LogP contribution in [0.1, 0.15) is 27.2 Å². The highest BCUT2D eigenvalue weighted by molar-refractivity contribution is 6.13. The molecule has 0 radical (unpaired) electrons. The maximum atomic E-state index is 13.4. The second-order valence-electron chi connectivity index (χ2n) is 8.75. The standard InChI is InChI=1S/C29H21N7O2/c1-18-13-21(38-20-6-2-5-19(14-20)16-30)9-10-26(18)36-29(31)23(17-33-36)28(37)25-15-22-24(34-25)7-3-8-27(22)35-12-4-11-32-35/h2-15,17,34H,31H2,1H3. The maximum absolute atomic E-state index is 13.4. The summed E-state index contributed by atoms with van der Waals surface area (Å²) in [7, 11) is 0. The molecule has 0 amide bonds. The van der Waals surface area contributed by atoms with Crippen LogP contribution in [0.5, 0.6) is 11.5 Å². The van der Waals surface area contributed by atoms with E-state index < -0.39 is 0 Å². The van der Waals surface area contributed by atoms with Crippen LogP contribution < -0.4 is 10.5 Å². The van der Waals surface area contributed by atoms with Gasteiger partial charge in [0.2, 0.25) is 5.78 Å². The van der Waals surface area contributed by atoms with Crippen molar-refractivity contribution in [3.05, 3.63) is 114 Å². The van der Waals surface area contributed by atoms with Crippen molar-refractivity contribution in [1.29, 1.82) is 5.26 Å². The number of ketones is 1. The molecule has 0 saturated heterocycles. The van der Waals surface area contributed by atoms with Gasteiger partial charge in [0.15, 0.2) is 0 Å². The lowest BCUT2D eigenvalue weighted by Gasteiger charge is -2.11. The van der Waals surface area contributed by atoms with Crippen molar-refractivity contribution in [1.82, 2.24) is 24.5 Å². The second-order valence-corrected chi connectivity index (χ2v) is 8.75. The number of nitriles is 1. The van der Waals surface area contributed by atoms with E-state index in [0.717, 1.165) is 27.8 Å². The van der Waals surface area contributed by atoms with Crippen LogP contribution >= 0.6 is 0 Å². The molecule has 6 rings (SSSR count). The molecular weight excluding hydrogens is 478 g/mol. The monoisotopic (exact) mass is 499 g/mol. The predicted octanol–water partition coefficient (Wildman–Crippen LogP) is 5.32. The van der Waals surface area contributed by atoms with E-state index in [4.69, 9.17) is 15.7 Å². The van der Waals surface area contributed by atoms with Gasteiger partial charge in [-0.25, -0.2) is 9.36 Å². The van der Waals surface area contributed by atoms with Gasteiger partial charge >= 0.3 is 0 Å². The zero-order valence-electron chi connectivity index (χ0n) is 20.3. The number of rotatable bonds is 6. The van der Waals surface area contributed by atoms with E-state index in [2.05, 4.69) is 21.3 Å². The van der Waals surface area contributed by atoms with Gasteiger partial charge in [0, 0.05) is 23.3 Å². The van der Waals surface area contributed by atoms with Gasteiger partial charge in [0.05, 0.1) is 40.5 Å². The van der Waals surface area contributed by atoms with Crippen molar-refractivity contribution in [3.63, 3.8) is 0 Å². The molecule has 0 unspecified atom stereocenters. The quantitative estimate of drug-likeness (QED) is 0.298. The normalized spacial score (nSPS) is 10.9. The van der Waals surface area contributed by atoms with Crippen LogP contribution in [0.2, 0.25) is 0 Å². The zero-order valence-corrected chi connectivity index (χ0v) is 20.3. The molecule has 9 nitrogen and oxygen atoms in total. The summed E-state index contributed by atoms with van der Waals surface area (Å²) in [6.07, 6.45) is 5.04. The first-order valence-corrected chi connectivity index (χ1v) is 11.8. The zero-order chi connectivity index (χ0) is 26.2. The number of nitrogens with zero attached hydrogens (tertiary/aromatic N) is 5. The maximum Gasteiger partial charge on any atom is 0.214 e. The lowest BCUT2D eigenvalue weighted by atomic mass is 10.1. The molecule has 0 spiro atoms. The van der Waals surface area contributed by atoms with Crippen LogP contribution in [-0.2, 0) is 0 Å². The van der Waals surface area contributed by atoms with E-state index in [1.165, 1.54) is 6.20 Å². The van der Waals surface area contributed by atoms with Gasteiger partial charge in [-0.15, -0.1) is 0 Å². The first-order chi connectivity index (χ1) is 18.5. The molecule has 184 valence electrons. The van der Waals surface area contributed by atoms with Crippen LogP contribution in [0, 0.1) is 18.3 Å². The highest BCUT2D eigenvalue weighted by atomic mass is 16.5. The lowest BCUT2D eigenvalue weighted by Crippen LogP contribution is -2.08. The van der Waals surface area contributed by atoms with Crippen molar-refractivity contribution in [2.45, 2.75) is 6.92 Å². The molecule has 0 atom stereocenters. The number of nitrogens with two attached hydrogens (primary N) is 1. The first kappa shape index (κ1) is 22.8. The summed E-state index contributed by atoms with van der Waals surface area (Å²) in [5.74, 6) is 1.15. The summed E-state index contributed by atoms with van der Waals surface area (Å²) in [6.45, 7) is 1.91. The Morgan fingerprint density at radius 3 is 2.63 bits per heavy atom. The fourth-order valence-corrected chi connectivity index (χ4v) is 4.44. The minimum atomic E-state index is -0.258. The largest absolute Gasteiger partial charge is 0.457 e. The smallest absolute Gasteiger partial charge is 0.214 e. The third-order valence-electron chi connectivity index (χ3n) is 6.28. The minimum Gasteiger partial charge on any atom is -0.457 e. The average molecular weight is 500 g/mol. The van der Waals surface area contributed by atoms with Gasteiger partial charge in [-0.2, -0.15) is 15.5 Å². The number of hydrogen-bond donors (Lipinski definition) is 2. The Morgan fingerprint density at radius 1 is 1.00 bits per heavy atom. The number of aryl methyl sites for hydroxylation is 1. The van der Waals surface area contributed by atoms with Gasteiger partial charge in [-0.05, 0) is 73.2 Å². The lowest BCUT2D eigenvalue weighted by molar-refractivity contribution is 0.103. The van der Waals surface area contributed by atoms with E-state index >= 15 is 0 Å². The number of aromatic amines is 1. The van der Waals surface area contributed by atoms with Crippen LogP contribution in [0.3, 0.4) is 0 Å². The molecule has 0 aliphatic heterocycles. The Hall–Kier alpha value is -5.62. The number of nitrogen functional groups attached to an aromatic ring is 1. The Labute approximate surface area is 217 Å². The SMILES string of the molecule is Cc1cc(Oc2cccc(C#N)c2)ccc1-n1ncc(C(=O)c2cc3c(-n4cccn4)cccc3[nH]2)c1N. The number of carbonyl (C=O) groups is 1. The third-order valence-corrected chi connectivity index (χ3v) is 6.28. The van der Waals surface area contributed by atoms with Gasteiger partial charge < -0.3 is 15.5 Å². The highest BCUT2D eigenvalue weighted by Crippen LogP contribution is 2.29. The summed E-state index contributed by atoms with van der Waals surface area (Å²) in [5, 5.41) is 18.7. The van der Waals surface area contributed by atoms with Gasteiger partial charge in [-0.3, -0.25) is 4.79 Å². The fourth-order valence-electron chi connectivity index (χ4n) is 4.44. The molecule has 6 aromatic rings. The molecule has 3 heterocycles. The predicted molar refractivity (Wildman–Crippen MR) is 143 cm³/mol. The molecular formula is C29H21N7O2. The van der Waals surface area contributed by atoms with E-state index in [-0.39, 0.29) is 11.6 Å².